The first-order valence-electron chi connectivity index (χ1n) is 7.76. The topological polar surface area (TPSA) is 28.3 Å². The van der Waals surface area contributed by atoms with Crippen LogP contribution in [0, 0.1) is 5.82 Å². The molecule has 1 N–H and O–H groups in total. The van der Waals surface area contributed by atoms with Crippen molar-refractivity contribution in [1.82, 2.24) is 9.88 Å². The van der Waals surface area contributed by atoms with E-state index in [0.29, 0.717) is 11.1 Å². The Labute approximate surface area is 126 Å². The van der Waals surface area contributed by atoms with E-state index in [1.807, 2.05) is 12.3 Å². The third-order valence-corrected chi connectivity index (χ3v) is 3.83. The van der Waals surface area contributed by atoms with Crippen molar-refractivity contribution in [2.45, 2.75) is 33.1 Å². The fourth-order valence-electron chi connectivity index (χ4n) is 2.83. The van der Waals surface area contributed by atoms with Crippen molar-refractivity contribution in [1.29, 1.82) is 0 Å². The first kappa shape index (κ1) is 15.8. The average molecular weight is 292 g/mol. The molecule has 0 saturated heterocycles. The van der Waals surface area contributed by atoms with Crippen LogP contribution in [0.3, 0.4) is 0 Å². The number of halogens is 1. The van der Waals surface area contributed by atoms with E-state index in [-0.39, 0.29) is 5.82 Å². The molecule has 0 atom stereocenters. The Morgan fingerprint density at radius 2 is 1.86 bits per heavy atom. The van der Waals surface area contributed by atoms with Crippen LogP contribution in [0.15, 0.2) is 18.3 Å². The van der Waals surface area contributed by atoms with Gasteiger partial charge < -0.3 is 14.6 Å². The van der Waals surface area contributed by atoms with Gasteiger partial charge in [0.25, 0.3) is 0 Å². The number of H-pyrrole nitrogens is 1. The Hall–Kier alpha value is -1.55. The zero-order chi connectivity index (χ0) is 15.2. The summed E-state index contributed by atoms with van der Waals surface area (Å²) in [6, 6.07) is 3.54. The number of benzene rings is 1. The number of hydrogen-bond acceptors (Lipinski definition) is 2. The highest BCUT2D eigenvalue weighted by Gasteiger charge is 2.14. The summed E-state index contributed by atoms with van der Waals surface area (Å²) in [7, 11) is 1.50. The highest BCUT2D eigenvalue weighted by atomic mass is 19.1. The lowest BCUT2D eigenvalue weighted by molar-refractivity contribution is 0.278. The highest BCUT2D eigenvalue weighted by Crippen LogP contribution is 2.29. The minimum absolute atomic E-state index is 0.260. The second-order valence-corrected chi connectivity index (χ2v) is 5.41. The number of ether oxygens (including phenoxy) is 1. The van der Waals surface area contributed by atoms with Crippen LogP contribution in [0.5, 0.6) is 5.75 Å². The van der Waals surface area contributed by atoms with E-state index in [1.165, 1.54) is 7.11 Å². The lowest BCUT2D eigenvalue weighted by Gasteiger charge is -2.20. The third kappa shape index (κ3) is 3.56. The standard InChI is InChI=1S/C17H25FN2O/c1-4-9-20(10-5-2)11-8-13-12-19-14-6-7-15(21-3)17(18)16(13)14/h6-7,12,19H,4-5,8-11H2,1-3H3. The maximum atomic E-state index is 14.4. The molecule has 0 aliphatic heterocycles. The summed E-state index contributed by atoms with van der Waals surface area (Å²) in [6.07, 6.45) is 5.07. The van der Waals surface area contributed by atoms with Gasteiger partial charge in [-0.1, -0.05) is 13.8 Å². The third-order valence-electron chi connectivity index (χ3n) is 3.83. The fraction of sp³-hybridized carbons (Fsp3) is 0.529. The van der Waals surface area contributed by atoms with Crippen LogP contribution in [0.4, 0.5) is 4.39 Å². The largest absolute Gasteiger partial charge is 0.494 e. The summed E-state index contributed by atoms with van der Waals surface area (Å²) < 4.78 is 19.5. The molecule has 0 radical (unpaired) electrons. The van der Waals surface area contributed by atoms with Gasteiger partial charge >= 0.3 is 0 Å². The summed E-state index contributed by atoms with van der Waals surface area (Å²) in [5.41, 5.74) is 1.86. The smallest absolute Gasteiger partial charge is 0.174 e. The van der Waals surface area contributed by atoms with Gasteiger partial charge in [-0.15, -0.1) is 0 Å². The predicted molar refractivity (Wildman–Crippen MR) is 85.5 cm³/mol. The maximum Gasteiger partial charge on any atom is 0.174 e. The first-order chi connectivity index (χ1) is 10.2. The molecule has 3 nitrogen and oxygen atoms in total. The monoisotopic (exact) mass is 292 g/mol. The molecule has 0 saturated carbocycles. The predicted octanol–water partition coefficient (Wildman–Crippen LogP) is 3.98. The second-order valence-electron chi connectivity index (χ2n) is 5.41. The van der Waals surface area contributed by atoms with Gasteiger partial charge in [-0.25, -0.2) is 4.39 Å². The van der Waals surface area contributed by atoms with E-state index in [9.17, 15) is 4.39 Å². The number of nitrogens with zero attached hydrogens (tertiary/aromatic N) is 1. The Kier molecular flexibility index (Phi) is 5.62. The van der Waals surface area contributed by atoms with E-state index >= 15 is 0 Å². The number of rotatable bonds is 8. The van der Waals surface area contributed by atoms with Crippen molar-refractivity contribution in [3.63, 3.8) is 0 Å². The molecule has 0 fully saturated rings. The fourth-order valence-corrected chi connectivity index (χ4v) is 2.83. The van der Waals surface area contributed by atoms with Crippen LogP contribution in [-0.2, 0) is 6.42 Å². The van der Waals surface area contributed by atoms with Gasteiger partial charge in [-0.2, -0.15) is 0 Å². The molecule has 0 amide bonds. The molecule has 116 valence electrons. The van der Waals surface area contributed by atoms with Crippen LogP contribution >= 0.6 is 0 Å². The molecule has 1 aromatic carbocycles. The Bertz CT molecular complexity index is 573. The molecular formula is C17H25FN2O. The molecule has 21 heavy (non-hydrogen) atoms. The van der Waals surface area contributed by atoms with Gasteiger partial charge in [0.15, 0.2) is 11.6 Å². The summed E-state index contributed by atoms with van der Waals surface area (Å²) >= 11 is 0. The van der Waals surface area contributed by atoms with Gasteiger partial charge in [0.2, 0.25) is 0 Å². The zero-order valence-corrected chi connectivity index (χ0v) is 13.2. The van der Waals surface area contributed by atoms with E-state index in [1.54, 1.807) is 6.07 Å². The lowest BCUT2D eigenvalue weighted by Crippen LogP contribution is -2.27. The molecule has 2 rings (SSSR count). The summed E-state index contributed by atoms with van der Waals surface area (Å²) in [6.45, 7) is 7.55. The number of hydrogen-bond donors (Lipinski definition) is 1. The average Bonchev–Trinajstić information content (AvgIpc) is 2.90. The normalized spacial score (nSPS) is 11.5. The Morgan fingerprint density at radius 3 is 2.48 bits per heavy atom. The van der Waals surface area contributed by atoms with Crippen LogP contribution in [-0.4, -0.2) is 36.6 Å². The molecule has 0 unspecified atom stereocenters. The van der Waals surface area contributed by atoms with Gasteiger partial charge in [0.1, 0.15) is 0 Å². The quantitative estimate of drug-likeness (QED) is 0.797. The molecule has 4 heteroatoms. The molecule has 0 bridgehead atoms. The van der Waals surface area contributed by atoms with Crippen LogP contribution in [0.25, 0.3) is 10.9 Å². The van der Waals surface area contributed by atoms with Crippen molar-refractivity contribution in [2.24, 2.45) is 0 Å². The SMILES string of the molecule is CCCN(CCC)CCc1c[nH]c2ccc(OC)c(F)c12. The summed E-state index contributed by atoms with van der Waals surface area (Å²) in [4.78, 5) is 5.60. The van der Waals surface area contributed by atoms with E-state index < -0.39 is 0 Å². The number of fused-ring (bicyclic) bond motifs is 1. The molecule has 0 aliphatic carbocycles. The number of nitrogens with one attached hydrogen (secondary N) is 1. The molecule has 1 aromatic heterocycles. The van der Waals surface area contributed by atoms with Gasteiger partial charge in [0, 0.05) is 23.6 Å². The van der Waals surface area contributed by atoms with Crippen LogP contribution in [0.1, 0.15) is 32.3 Å². The van der Waals surface area contributed by atoms with Crippen molar-refractivity contribution in [3.05, 3.63) is 29.7 Å². The van der Waals surface area contributed by atoms with Crippen LogP contribution < -0.4 is 4.74 Å². The van der Waals surface area contributed by atoms with E-state index in [2.05, 4.69) is 23.7 Å². The molecule has 0 spiro atoms. The van der Waals surface area contributed by atoms with E-state index in [4.69, 9.17) is 4.74 Å². The minimum Gasteiger partial charge on any atom is -0.494 e. The minimum atomic E-state index is -0.260. The highest BCUT2D eigenvalue weighted by molar-refractivity contribution is 5.85. The summed E-state index contributed by atoms with van der Waals surface area (Å²) in [5.74, 6) is 0.0473. The molecular weight excluding hydrogens is 267 g/mol. The number of aromatic amines is 1. The first-order valence-corrected chi connectivity index (χ1v) is 7.76. The van der Waals surface area contributed by atoms with Crippen molar-refractivity contribution in [2.75, 3.05) is 26.7 Å². The zero-order valence-electron chi connectivity index (χ0n) is 13.2. The van der Waals surface area contributed by atoms with Gasteiger partial charge in [0.05, 0.1) is 7.11 Å². The maximum absolute atomic E-state index is 14.4. The Morgan fingerprint density at radius 1 is 1.14 bits per heavy atom. The van der Waals surface area contributed by atoms with Crippen molar-refractivity contribution < 1.29 is 9.13 Å². The second kappa shape index (κ2) is 7.46. The van der Waals surface area contributed by atoms with E-state index in [0.717, 1.165) is 50.0 Å². The van der Waals surface area contributed by atoms with Gasteiger partial charge in [-0.3, -0.25) is 0 Å². The van der Waals surface area contributed by atoms with Crippen molar-refractivity contribution in [3.8, 4) is 5.75 Å². The number of methoxy groups -OCH3 is 1. The van der Waals surface area contributed by atoms with Gasteiger partial charge in [-0.05, 0) is 50.0 Å². The number of aromatic nitrogens is 1. The lowest BCUT2D eigenvalue weighted by atomic mass is 10.1. The molecule has 2 aromatic rings. The Balaban J connectivity index is 2.18. The summed E-state index contributed by atoms with van der Waals surface area (Å²) in [5, 5.41) is 0.669. The van der Waals surface area contributed by atoms with Crippen molar-refractivity contribution >= 4 is 10.9 Å². The van der Waals surface area contributed by atoms with Crippen LogP contribution in [0.2, 0.25) is 0 Å². The molecule has 1 heterocycles. The molecule has 0 aliphatic rings.